The van der Waals surface area contributed by atoms with Crippen molar-refractivity contribution in [3.63, 3.8) is 0 Å². The van der Waals surface area contributed by atoms with Crippen molar-refractivity contribution in [3.8, 4) is 11.3 Å². The van der Waals surface area contributed by atoms with E-state index in [1.807, 2.05) is 10.5 Å². The van der Waals surface area contributed by atoms with Gasteiger partial charge < -0.3 is 5.32 Å². The number of thiophene rings is 1. The zero-order valence-electron chi connectivity index (χ0n) is 19.4. The number of halogens is 1. The third-order valence-corrected chi connectivity index (χ3v) is 8.82. The summed E-state index contributed by atoms with van der Waals surface area (Å²) in [5.74, 6) is 0.0665. The summed E-state index contributed by atoms with van der Waals surface area (Å²) in [5, 5.41) is 14.1. The van der Waals surface area contributed by atoms with Crippen LogP contribution >= 0.6 is 34.7 Å². The van der Waals surface area contributed by atoms with Crippen molar-refractivity contribution < 1.29 is 4.79 Å². The first kappa shape index (κ1) is 22.7. The maximum atomic E-state index is 12.5. The van der Waals surface area contributed by atoms with Gasteiger partial charge in [-0.05, 0) is 54.7 Å². The molecule has 6 aromatic rings. The highest BCUT2D eigenvalue weighted by atomic mass is 35.5. The molecule has 0 atom stereocenters. The number of anilines is 1. The van der Waals surface area contributed by atoms with Gasteiger partial charge in [0.25, 0.3) is 0 Å². The van der Waals surface area contributed by atoms with Gasteiger partial charge in [-0.15, -0.1) is 21.5 Å². The lowest BCUT2D eigenvalue weighted by Crippen LogP contribution is -2.14. The van der Waals surface area contributed by atoms with Crippen LogP contribution in [-0.2, 0) is 17.6 Å². The maximum absolute atomic E-state index is 12.5. The Morgan fingerprint density at radius 3 is 2.70 bits per heavy atom. The van der Waals surface area contributed by atoms with Crippen LogP contribution in [0.5, 0.6) is 0 Å². The van der Waals surface area contributed by atoms with Gasteiger partial charge in [-0.1, -0.05) is 53.7 Å². The number of fused-ring (bicyclic) bond motifs is 7. The molecule has 0 aliphatic heterocycles. The average Bonchev–Trinajstić information content (AvgIpc) is 3.65. The second kappa shape index (κ2) is 9.09. The summed E-state index contributed by atoms with van der Waals surface area (Å²) in [6.07, 6.45) is 4.95. The fourth-order valence-corrected chi connectivity index (χ4v) is 6.90. The molecule has 1 amide bonds. The topological polar surface area (TPSA) is 85.1 Å². The lowest BCUT2D eigenvalue weighted by atomic mass is 10.0. The summed E-state index contributed by atoms with van der Waals surface area (Å²) >= 11 is 8.85. The van der Waals surface area contributed by atoms with Gasteiger partial charge in [0.05, 0.1) is 17.0 Å². The van der Waals surface area contributed by atoms with Crippen LogP contribution in [0.3, 0.4) is 0 Å². The molecule has 0 unspecified atom stereocenters. The molecule has 0 spiro atoms. The van der Waals surface area contributed by atoms with E-state index < -0.39 is 0 Å². The second-order valence-electron chi connectivity index (χ2n) is 8.86. The molecule has 1 aliphatic carbocycles. The van der Waals surface area contributed by atoms with E-state index in [1.54, 1.807) is 41.9 Å². The Labute approximate surface area is 224 Å². The molecule has 182 valence electrons. The van der Waals surface area contributed by atoms with Gasteiger partial charge >= 0.3 is 0 Å². The van der Waals surface area contributed by atoms with Gasteiger partial charge in [0.2, 0.25) is 5.91 Å². The van der Waals surface area contributed by atoms with Crippen LogP contribution in [0.25, 0.3) is 37.3 Å². The zero-order valence-corrected chi connectivity index (χ0v) is 21.8. The molecule has 1 N–H and O–H groups in total. The molecule has 0 saturated carbocycles. The van der Waals surface area contributed by atoms with Crippen molar-refractivity contribution in [1.29, 1.82) is 0 Å². The lowest BCUT2D eigenvalue weighted by molar-refractivity contribution is -0.113. The molecular formula is C27H19ClN6OS2. The normalized spacial score (nSPS) is 13.0. The zero-order chi connectivity index (χ0) is 24.9. The van der Waals surface area contributed by atoms with E-state index >= 15 is 0 Å². The summed E-state index contributed by atoms with van der Waals surface area (Å²) in [6, 6.07) is 17.4. The van der Waals surface area contributed by atoms with Gasteiger partial charge in [-0.3, -0.25) is 9.20 Å². The third-order valence-electron chi connectivity index (χ3n) is 6.56. The fraction of sp³-hybridized carbons (Fsp3) is 0.148. The van der Waals surface area contributed by atoms with Crippen LogP contribution < -0.4 is 5.32 Å². The molecule has 10 heteroatoms. The highest BCUT2D eigenvalue weighted by Crippen LogP contribution is 2.42. The Balaban J connectivity index is 1.24. The number of carbonyl (C=O) groups excluding carboxylic acids is 1. The van der Waals surface area contributed by atoms with E-state index in [9.17, 15) is 4.79 Å². The maximum Gasteiger partial charge on any atom is 0.234 e. The molecule has 37 heavy (non-hydrogen) atoms. The Kier molecular flexibility index (Phi) is 5.57. The largest absolute Gasteiger partial charge is 0.325 e. The first-order chi connectivity index (χ1) is 18.2. The van der Waals surface area contributed by atoms with E-state index in [0.717, 1.165) is 56.6 Å². The predicted molar refractivity (Wildman–Crippen MR) is 150 cm³/mol. The van der Waals surface area contributed by atoms with Crippen LogP contribution in [0.1, 0.15) is 17.5 Å². The molecule has 0 saturated heterocycles. The highest BCUT2D eigenvalue weighted by Gasteiger charge is 2.25. The van der Waals surface area contributed by atoms with Crippen molar-refractivity contribution in [3.05, 3.63) is 77.1 Å². The Morgan fingerprint density at radius 1 is 1.05 bits per heavy atom. The van der Waals surface area contributed by atoms with Gasteiger partial charge in [-0.2, -0.15) is 0 Å². The van der Waals surface area contributed by atoms with Crippen LogP contribution in [0.2, 0.25) is 5.02 Å². The number of amides is 1. The second-order valence-corrected chi connectivity index (χ2v) is 11.2. The Hall–Kier alpha value is -3.53. The van der Waals surface area contributed by atoms with Crippen molar-refractivity contribution in [2.75, 3.05) is 11.1 Å². The number of carbonyl (C=O) groups is 1. The number of benzene rings is 2. The number of aromatic nitrogens is 5. The van der Waals surface area contributed by atoms with Gasteiger partial charge in [-0.25, -0.2) is 9.97 Å². The van der Waals surface area contributed by atoms with E-state index in [2.05, 4.69) is 39.8 Å². The molecule has 7 rings (SSSR count). The summed E-state index contributed by atoms with van der Waals surface area (Å²) in [7, 11) is 0. The molecule has 0 fully saturated rings. The van der Waals surface area contributed by atoms with Crippen LogP contribution in [0.15, 0.2) is 66.1 Å². The van der Waals surface area contributed by atoms with Crippen molar-refractivity contribution in [1.82, 2.24) is 24.6 Å². The first-order valence-electron chi connectivity index (χ1n) is 11.9. The average molecular weight is 543 g/mol. The molecule has 4 heterocycles. The first-order valence-corrected chi connectivity index (χ1v) is 14.0. The number of pyridine rings is 1. The quantitative estimate of drug-likeness (QED) is 0.253. The van der Waals surface area contributed by atoms with E-state index in [0.29, 0.717) is 15.9 Å². The Bertz CT molecular complexity index is 1810. The van der Waals surface area contributed by atoms with Crippen LogP contribution in [0, 0.1) is 0 Å². The number of thioether (sulfide) groups is 1. The number of rotatable bonds is 5. The van der Waals surface area contributed by atoms with Gasteiger partial charge in [0.15, 0.2) is 10.8 Å². The monoisotopic (exact) mass is 542 g/mol. The van der Waals surface area contributed by atoms with E-state index in [1.165, 1.54) is 22.9 Å². The van der Waals surface area contributed by atoms with Crippen molar-refractivity contribution in [2.24, 2.45) is 0 Å². The summed E-state index contributed by atoms with van der Waals surface area (Å²) in [5.41, 5.74) is 7.29. The lowest BCUT2D eigenvalue weighted by Gasteiger charge is -2.09. The minimum absolute atomic E-state index is 0.131. The van der Waals surface area contributed by atoms with Gasteiger partial charge in [0, 0.05) is 21.7 Å². The summed E-state index contributed by atoms with van der Waals surface area (Å²) in [4.78, 5) is 23.4. The van der Waals surface area contributed by atoms with Crippen LogP contribution in [-0.4, -0.2) is 36.2 Å². The number of nitrogens with zero attached hydrogens (tertiary/aromatic N) is 5. The molecule has 1 aliphatic rings. The van der Waals surface area contributed by atoms with Crippen LogP contribution in [0.4, 0.5) is 5.69 Å². The molecule has 0 radical (unpaired) electrons. The molecule has 4 aromatic heterocycles. The highest BCUT2D eigenvalue weighted by molar-refractivity contribution is 7.99. The molecule has 0 bridgehead atoms. The minimum Gasteiger partial charge on any atom is -0.325 e. The number of nitrogens with one attached hydrogen (secondary N) is 1. The molecule has 7 nitrogen and oxygen atoms in total. The number of aryl methyl sites for hydroxylation is 1. The van der Waals surface area contributed by atoms with Crippen molar-refractivity contribution in [2.45, 2.75) is 24.4 Å². The van der Waals surface area contributed by atoms with Crippen molar-refractivity contribution >= 4 is 72.4 Å². The Morgan fingerprint density at radius 2 is 1.86 bits per heavy atom. The third kappa shape index (κ3) is 3.94. The minimum atomic E-state index is -0.131. The van der Waals surface area contributed by atoms with E-state index in [4.69, 9.17) is 21.6 Å². The number of hydrogen-bond donors (Lipinski definition) is 1. The van der Waals surface area contributed by atoms with E-state index in [-0.39, 0.29) is 11.7 Å². The fourth-order valence-electron chi connectivity index (χ4n) is 4.93. The summed E-state index contributed by atoms with van der Waals surface area (Å²) in [6.45, 7) is 0. The standard InChI is InChI=1S/C27H19ClN6OS2/c28-16-9-11-17(12-10-16)30-20(35)13-36-27-33-32-25-24-23(29-14-34(25)27)21-18-7-4-8-19(18)22(31-26(21)37-24)15-5-2-1-3-6-15/h1-3,5-6,9-12,14H,4,7-8,13H2,(H,30,35). The van der Waals surface area contributed by atoms with Gasteiger partial charge in [0.1, 0.15) is 15.9 Å². The predicted octanol–water partition coefficient (Wildman–Crippen LogP) is 6.43. The molecule has 2 aromatic carbocycles. The number of hydrogen-bond acceptors (Lipinski definition) is 7. The molecular weight excluding hydrogens is 524 g/mol. The SMILES string of the molecule is O=C(CSc1nnc2c3sc4nc(-c5ccccc5)c5c(c4c3ncn12)CCC5)Nc1ccc(Cl)cc1. The summed E-state index contributed by atoms with van der Waals surface area (Å²) < 4.78 is 2.82. The smallest absolute Gasteiger partial charge is 0.234 e.